The van der Waals surface area contributed by atoms with E-state index in [0.29, 0.717) is 18.4 Å². The van der Waals surface area contributed by atoms with Gasteiger partial charge in [-0.25, -0.2) is 19.6 Å². The molecule has 0 saturated carbocycles. The van der Waals surface area contributed by atoms with E-state index in [-0.39, 0.29) is 23.8 Å². The van der Waals surface area contributed by atoms with Gasteiger partial charge in [0.2, 0.25) is 0 Å². The largest absolute Gasteiger partial charge is 0.444 e. The predicted molar refractivity (Wildman–Crippen MR) is 209 cm³/mol. The SMILES string of the molecule is C[C@H]1CCN(C(=O)OC(C)(C)C)C1.C[C@H]1C[C@@H](c2nc3ccc(-c4cc5sc(-c6ccc7ocnc7c6)cc5s4)cc3[nH]2)N(C(=O)OC(C)(C)C)C1. The van der Waals surface area contributed by atoms with Gasteiger partial charge in [-0.15, -0.1) is 22.7 Å². The van der Waals surface area contributed by atoms with Crippen LogP contribution in [-0.2, 0) is 9.47 Å². The Morgan fingerprint density at radius 1 is 0.827 bits per heavy atom. The maximum atomic E-state index is 12.9. The Hall–Kier alpha value is -4.42. The maximum absolute atomic E-state index is 12.9. The standard InChI is InChI=1S/C30H28N4O3S2.C10H19NO2/c1-16-9-22(34(14-16)29(35)37-30(2,3)4)28-32-19-7-5-17(10-20(19)33-28)24-12-26-27(38-24)13-25(39-26)18-6-8-23-21(11-18)31-15-36-23;1-8-5-6-11(7-8)9(12)13-10(2,3)4/h5-8,10-13,15-16,22H,9,14H2,1-4H3,(H,32,33);8H,5-7H2,1-4H3/t16-,22-;8-/m00/s1. The highest BCUT2D eigenvalue weighted by atomic mass is 32.1. The van der Waals surface area contributed by atoms with Crippen molar-refractivity contribution >= 4 is 66.4 Å². The summed E-state index contributed by atoms with van der Waals surface area (Å²) in [5.41, 5.74) is 4.96. The lowest BCUT2D eigenvalue weighted by Crippen LogP contribution is -2.37. The van der Waals surface area contributed by atoms with Gasteiger partial charge in [-0.3, -0.25) is 4.90 Å². The number of rotatable bonds is 3. The monoisotopic (exact) mass is 741 g/mol. The van der Waals surface area contributed by atoms with Crippen molar-refractivity contribution in [3.63, 3.8) is 0 Å². The summed E-state index contributed by atoms with van der Waals surface area (Å²) in [5, 5.41) is 0. The summed E-state index contributed by atoms with van der Waals surface area (Å²) < 4.78 is 18.9. The Morgan fingerprint density at radius 3 is 2.13 bits per heavy atom. The van der Waals surface area contributed by atoms with Crippen LogP contribution in [0.3, 0.4) is 0 Å². The fourth-order valence-corrected chi connectivity index (χ4v) is 9.12. The van der Waals surface area contributed by atoms with Crippen LogP contribution < -0.4 is 0 Å². The van der Waals surface area contributed by atoms with Crippen molar-refractivity contribution in [2.24, 2.45) is 11.8 Å². The third-order valence-corrected chi connectivity index (χ3v) is 11.5. The van der Waals surface area contributed by atoms with E-state index >= 15 is 0 Å². The lowest BCUT2D eigenvalue weighted by molar-refractivity contribution is 0.0213. The molecule has 2 aliphatic rings. The number of nitrogens with zero attached hydrogens (tertiary/aromatic N) is 4. The van der Waals surface area contributed by atoms with Gasteiger partial charge in [0.05, 0.1) is 17.1 Å². The van der Waals surface area contributed by atoms with Crippen LogP contribution in [0.2, 0.25) is 0 Å². The second-order valence-corrected chi connectivity index (χ2v) is 18.3. The number of imidazole rings is 1. The molecule has 6 heterocycles. The normalized spacial score (nSPS) is 19.4. The highest BCUT2D eigenvalue weighted by molar-refractivity contribution is 7.31. The topological polar surface area (TPSA) is 114 Å². The highest BCUT2D eigenvalue weighted by Gasteiger charge is 2.38. The lowest BCUT2D eigenvalue weighted by atomic mass is 10.1. The van der Waals surface area contributed by atoms with Crippen LogP contribution in [0.4, 0.5) is 9.59 Å². The van der Waals surface area contributed by atoms with Gasteiger partial charge in [-0.2, -0.15) is 0 Å². The second-order valence-electron chi connectivity index (χ2n) is 16.1. The van der Waals surface area contributed by atoms with Crippen molar-refractivity contribution in [3.8, 4) is 20.9 Å². The molecule has 0 spiro atoms. The second kappa shape index (κ2) is 13.9. The first-order valence-corrected chi connectivity index (χ1v) is 19.6. The number of oxazole rings is 1. The van der Waals surface area contributed by atoms with Crippen LogP contribution in [0, 0.1) is 11.8 Å². The molecule has 2 amide bonds. The molecule has 2 saturated heterocycles. The minimum Gasteiger partial charge on any atom is -0.444 e. The number of nitrogens with one attached hydrogen (secondary N) is 1. The lowest BCUT2D eigenvalue weighted by Gasteiger charge is -2.27. The third-order valence-electron chi connectivity index (χ3n) is 9.14. The summed E-state index contributed by atoms with van der Waals surface area (Å²) in [6.07, 6.45) is 2.99. The first-order valence-electron chi connectivity index (χ1n) is 17.9. The molecule has 8 rings (SSSR count). The number of fused-ring (bicyclic) bond motifs is 3. The molecule has 0 aliphatic carbocycles. The van der Waals surface area contributed by atoms with E-state index in [1.807, 2.05) is 52.5 Å². The fourth-order valence-electron chi connectivity index (χ4n) is 6.73. The summed E-state index contributed by atoms with van der Waals surface area (Å²) in [6.45, 7) is 18.1. The van der Waals surface area contributed by atoms with Crippen molar-refractivity contribution in [1.29, 1.82) is 0 Å². The number of hydrogen-bond donors (Lipinski definition) is 1. The number of aromatic nitrogens is 3. The molecule has 3 atom stereocenters. The number of aromatic amines is 1. The molecule has 0 unspecified atom stereocenters. The van der Waals surface area contributed by atoms with Crippen molar-refractivity contribution in [1.82, 2.24) is 24.8 Å². The van der Waals surface area contributed by atoms with Gasteiger partial charge in [0, 0.05) is 38.8 Å². The molecule has 2 aliphatic heterocycles. The zero-order valence-corrected chi connectivity index (χ0v) is 32.7. The minimum absolute atomic E-state index is 0.118. The third kappa shape index (κ3) is 7.97. The number of amides is 2. The van der Waals surface area contributed by atoms with Crippen LogP contribution in [0.5, 0.6) is 0 Å². The summed E-state index contributed by atoms with van der Waals surface area (Å²) >= 11 is 3.59. The van der Waals surface area contributed by atoms with Gasteiger partial charge >= 0.3 is 12.2 Å². The Morgan fingerprint density at radius 2 is 1.48 bits per heavy atom. The van der Waals surface area contributed by atoms with E-state index < -0.39 is 5.60 Å². The average Bonchev–Trinajstić information content (AvgIpc) is 3.89. The van der Waals surface area contributed by atoms with Crippen LogP contribution >= 0.6 is 22.7 Å². The minimum atomic E-state index is -0.532. The van der Waals surface area contributed by atoms with E-state index in [1.165, 1.54) is 25.5 Å². The van der Waals surface area contributed by atoms with Crippen LogP contribution in [0.25, 0.3) is 52.4 Å². The summed E-state index contributed by atoms with van der Waals surface area (Å²) in [6, 6.07) is 16.9. The van der Waals surface area contributed by atoms with Gasteiger partial charge in [0.15, 0.2) is 12.0 Å². The Kier molecular flexibility index (Phi) is 9.58. The van der Waals surface area contributed by atoms with Crippen LogP contribution in [-0.4, -0.2) is 67.8 Å². The predicted octanol–water partition coefficient (Wildman–Crippen LogP) is 10.9. The number of carbonyl (C=O) groups excluding carboxylic acids is 2. The smallest absolute Gasteiger partial charge is 0.410 e. The zero-order chi connectivity index (χ0) is 36.9. The van der Waals surface area contributed by atoms with Gasteiger partial charge in [-0.1, -0.05) is 19.9 Å². The van der Waals surface area contributed by atoms with Crippen molar-refractivity contribution in [2.45, 2.75) is 85.5 Å². The molecule has 12 heteroatoms. The number of carbonyl (C=O) groups is 2. The molecular formula is C40H47N5O5S2. The van der Waals surface area contributed by atoms with E-state index in [0.717, 1.165) is 65.0 Å². The first-order chi connectivity index (χ1) is 24.6. The number of ether oxygens (including phenoxy) is 2. The van der Waals surface area contributed by atoms with E-state index in [2.05, 4.69) is 66.3 Å². The average molecular weight is 742 g/mol. The Balaban J connectivity index is 0.000000275. The van der Waals surface area contributed by atoms with Gasteiger partial charge in [0.25, 0.3) is 0 Å². The molecule has 274 valence electrons. The Labute approximate surface area is 312 Å². The van der Waals surface area contributed by atoms with Crippen molar-refractivity contribution < 1.29 is 23.5 Å². The number of hydrogen-bond acceptors (Lipinski definition) is 9. The maximum Gasteiger partial charge on any atom is 0.410 e. The van der Waals surface area contributed by atoms with Crippen LogP contribution in [0.1, 0.15) is 80.1 Å². The fraction of sp³-hybridized carbons (Fsp3) is 0.450. The van der Waals surface area contributed by atoms with Gasteiger partial charge in [0.1, 0.15) is 22.5 Å². The van der Waals surface area contributed by atoms with Gasteiger partial charge in [-0.05, 0) is 120 Å². The number of thiophene rings is 2. The summed E-state index contributed by atoms with van der Waals surface area (Å²) in [4.78, 5) is 43.2. The zero-order valence-electron chi connectivity index (χ0n) is 31.1. The molecule has 0 bridgehead atoms. The van der Waals surface area contributed by atoms with E-state index in [1.54, 1.807) is 27.6 Å². The molecule has 0 radical (unpaired) electrons. The molecule has 6 aromatic rings. The Bertz CT molecular complexity index is 2200. The number of H-pyrrole nitrogens is 1. The molecule has 2 fully saturated rings. The summed E-state index contributed by atoms with van der Waals surface area (Å²) in [5.74, 6) is 1.82. The highest BCUT2D eigenvalue weighted by Crippen LogP contribution is 2.43. The van der Waals surface area contributed by atoms with Crippen molar-refractivity contribution in [2.75, 3.05) is 19.6 Å². The van der Waals surface area contributed by atoms with Crippen molar-refractivity contribution in [3.05, 3.63) is 60.7 Å². The van der Waals surface area contributed by atoms with Crippen LogP contribution in [0.15, 0.2) is 59.3 Å². The molecule has 10 nitrogen and oxygen atoms in total. The molecule has 4 aromatic heterocycles. The molecule has 52 heavy (non-hydrogen) atoms. The molecular weight excluding hydrogens is 695 g/mol. The van der Waals surface area contributed by atoms with E-state index in [9.17, 15) is 9.59 Å². The number of benzene rings is 2. The molecule has 1 N–H and O–H groups in total. The quantitative estimate of drug-likeness (QED) is 0.192. The van der Waals surface area contributed by atoms with E-state index in [4.69, 9.17) is 18.9 Å². The van der Waals surface area contributed by atoms with Gasteiger partial charge < -0.3 is 23.8 Å². The molecule has 2 aromatic carbocycles. The summed E-state index contributed by atoms with van der Waals surface area (Å²) in [7, 11) is 0. The first kappa shape index (κ1) is 36.0. The number of likely N-dealkylation sites (tertiary alicyclic amines) is 2.